The molecule has 21 heavy (non-hydrogen) atoms. The van der Waals surface area contributed by atoms with E-state index in [1.807, 2.05) is 13.8 Å². The van der Waals surface area contributed by atoms with Crippen LogP contribution in [0.2, 0.25) is 0 Å². The summed E-state index contributed by atoms with van der Waals surface area (Å²) in [6.07, 6.45) is 2.91. The van der Waals surface area contributed by atoms with Gasteiger partial charge in [-0.3, -0.25) is 14.4 Å². The van der Waals surface area contributed by atoms with Crippen molar-refractivity contribution in [1.82, 2.24) is 9.88 Å². The normalized spacial score (nSPS) is 11.2. The average Bonchev–Trinajstić information content (AvgIpc) is 2.39. The largest absolute Gasteiger partial charge is 0.481 e. The van der Waals surface area contributed by atoms with Crippen molar-refractivity contribution in [3.63, 3.8) is 0 Å². The van der Waals surface area contributed by atoms with E-state index in [1.165, 1.54) is 10.6 Å². The first-order valence-electron chi connectivity index (χ1n) is 6.88. The van der Waals surface area contributed by atoms with Gasteiger partial charge in [-0.1, -0.05) is 13.8 Å². The van der Waals surface area contributed by atoms with Crippen LogP contribution in [-0.2, 0) is 11.8 Å². The van der Waals surface area contributed by atoms with Gasteiger partial charge in [0.05, 0.1) is 0 Å². The lowest BCUT2D eigenvalue weighted by Crippen LogP contribution is -2.29. The van der Waals surface area contributed by atoms with E-state index in [1.54, 1.807) is 19.3 Å². The van der Waals surface area contributed by atoms with Crippen LogP contribution in [0.15, 0.2) is 23.1 Å². The molecule has 0 atom stereocenters. The van der Waals surface area contributed by atoms with Crippen molar-refractivity contribution in [2.45, 2.75) is 33.1 Å². The van der Waals surface area contributed by atoms with Gasteiger partial charge in [0.2, 0.25) is 0 Å². The third-order valence-electron chi connectivity index (χ3n) is 3.47. The average molecular weight is 294 g/mol. The minimum Gasteiger partial charge on any atom is -0.481 e. The number of nitrogens with zero attached hydrogens (tertiary/aromatic N) is 1. The standard InChI is InChI=1S/C15H22N2O4/c1-15(2,6-4-13(19)20)7-8-16-14(21)11-5-9-17(3)12(18)10-11/h5,9-10H,4,6-8H2,1-3H3,(H,16,21)(H,19,20). The number of rotatable bonds is 7. The summed E-state index contributed by atoms with van der Waals surface area (Å²) in [6.45, 7) is 4.39. The number of carboxylic acids is 1. The Hall–Kier alpha value is -2.11. The molecule has 0 aliphatic carbocycles. The Morgan fingerprint density at radius 1 is 1.33 bits per heavy atom. The van der Waals surface area contributed by atoms with Crippen molar-refractivity contribution < 1.29 is 14.7 Å². The molecule has 0 saturated carbocycles. The zero-order valence-corrected chi connectivity index (χ0v) is 12.7. The van der Waals surface area contributed by atoms with Crippen molar-refractivity contribution in [2.24, 2.45) is 12.5 Å². The van der Waals surface area contributed by atoms with Gasteiger partial charge in [-0.05, 0) is 24.3 Å². The van der Waals surface area contributed by atoms with Gasteiger partial charge in [0, 0.05) is 37.8 Å². The topological polar surface area (TPSA) is 88.4 Å². The lowest BCUT2D eigenvalue weighted by Gasteiger charge is -2.23. The second-order valence-corrected chi connectivity index (χ2v) is 5.93. The second kappa shape index (κ2) is 7.06. The Morgan fingerprint density at radius 3 is 2.57 bits per heavy atom. The molecule has 1 rings (SSSR count). The molecule has 1 aromatic heterocycles. The smallest absolute Gasteiger partial charge is 0.303 e. The highest BCUT2D eigenvalue weighted by molar-refractivity contribution is 5.93. The van der Waals surface area contributed by atoms with E-state index in [4.69, 9.17) is 5.11 Å². The van der Waals surface area contributed by atoms with Crippen LogP contribution in [-0.4, -0.2) is 28.1 Å². The van der Waals surface area contributed by atoms with Crippen LogP contribution in [0.4, 0.5) is 0 Å². The summed E-state index contributed by atoms with van der Waals surface area (Å²) in [5.41, 5.74) is -0.0516. The molecule has 0 fully saturated rings. The Balaban J connectivity index is 2.47. The molecule has 1 aromatic rings. The number of aliphatic carboxylic acids is 1. The Bertz CT molecular complexity index is 575. The number of hydrogen-bond acceptors (Lipinski definition) is 3. The van der Waals surface area contributed by atoms with Crippen molar-refractivity contribution in [3.05, 3.63) is 34.2 Å². The molecule has 0 unspecified atom stereocenters. The minimum absolute atomic E-state index is 0.121. The lowest BCUT2D eigenvalue weighted by atomic mass is 9.84. The molecular weight excluding hydrogens is 272 g/mol. The number of carbonyl (C=O) groups is 2. The Kier molecular flexibility index (Phi) is 5.69. The van der Waals surface area contributed by atoms with Crippen LogP contribution < -0.4 is 10.9 Å². The number of aryl methyl sites for hydroxylation is 1. The van der Waals surface area contributed by atoms with Crippen molar-refractivity contribution in [3.8, 4) is 0 Å². The minimum atomic E-state index is -0.813. The summed E-state index contributed by atoms with van der Waals surface area (Å²) in [5, 5.41) is 11.4. The van der Waals surface area contributed by atoms with Gasteiger partial charge in [-0.25, -0.2) is 0 Å². The van der Waals surface area contributed by atoms with E-state index in [0.717, 1.165) is 0 Å². The predicted octanol–water partition coefficient (Wildman–Crippen LogP) is 1.40. The maximum atomic E-state index is 11.9. The third-order valence-corrected chi connectivity index (χ3v) is 3.47. The highest BCUT2D eigenvalue weighted by Crippen LogP contribution is 2.25. The van der Waals surface area contributed by atoms with Gasteiger partial charge in [-0.2, -0.15) is 0 Å². The molecule has 0 aliphatic rings. The molecular formula is C15H22N2O4. The molecule has 6 heteroatoms. The molecule has 2 N–H and O–H groups in total. The number of hydrogen-bond donors (Lipinski definition) is 2. The van der Waals surface area contributed by atoms with E-state index >= 15 is 0 Å². The molecule has 0 radical (unpaired) electrons. The fourth-order valence-electron chi connectivity index (χ4n) is 1.88. The van der Waals surface area contributed by atoms with Crippen LogP contribution in [0.1, 0.15) is 43.5 Å². The van der Waals surface area contributed by atoms with Crippen molar-refractivity contribution in [2.75, 3.05) is 6.54 Å². The van der Waals surface area contributed by atoms with E-state index in [0.29, 0.717) is 24.9 Å². The van der Waals surface area contributed by atoms with Gasteiger partial charge in [-0.15, -0.1) is 0 Å². The highest BCUT2D eigenvalue weighted by atomic mass is 16.4. The van der Waals surface area contributed by atoms with Gasteiger partial charge >= 0.3 is 5.97 Å². The predicted molar refractivity (Wildman–Crippen MR) is 79.3 cm³/mol. The molecule has 0 aromatic carbocycles. The van der Waals surface area contributed by atoms with Crippen LogP contribution in [0.25, 0.3) is 0 Å². The third kappa shape index (κ3) is 5.81. The monoisotopic (exact) mass is 294 g/mol. The summed E-state index contributed by atoms with van der Waals surface area (Å²) >= 11 is 0. The van der Waals surface area contributed by atoms with Crippen LogP contribution >= 0.6 is 0 Å². The Morgan fingerprint density at radius 2 is 2.00 bits per heavy atom. The van der Waals surface area contributed by atoms with Gasteiger partial charge in [0.25, 0.3) is 11.5 Å². The number of nitrogens with one attached hydrogen (secondary N) is 1. The number of pyridine rings is 1. The summed E-state index contributed by atoms with van der Waals surface area (Å²) in [5.74, 6) is -1.10. The van der Waals surface area contributed by atoms with Crippen LogP contribution in [0.5, 0.6) is 0 Å². The molecule has 0 aliphatic heterocycles. The lowest BCUT2D eigenvalue weighted by molar-refractivity contribution is -0.137. The van der Waals surface area contributed by atoms with Crippen molar-refractivity contribution in [1.29, 1.82) is 0 Å². The molecule has 0 spiro atoms. The molecule has 1 heterocycles. The number of aromatic nitrogens is 1. The van der Waals surface area contributed by atoms with E-state index in [-0.39, 0.29) is 23.3 Å². The van der Waals surface area contributed by atoms with E-state index < -0.39 is 5.97 Å². The Labute approximate surface area is 123 Å². The number of carbonyl (C=O) groups excluding carboxylic acids is 1. The fourth-order valence-corrected chi connectivity index (χ4v) is 1.88. The molecule has 6 nitrogen and oxygen atoms in total. The molecule has 0 saturated heterocycles. The highest BCUT2D eigenvalue weighted by Gasteiger charge is 2.19. The van der Waals surface area contributed by atoms with E-state index in [2.05, 4.69) is 5.32 Å². The summed E-state index contributed by atoms with van der Waals surface area (Å²) in [7, 11) is 1.62. The van der Waals surface area contributed by atoms with Crippen molar-refractivity contribution >= 4 is 11.9 Å². The van der Waals surface area contributed by atoms with Crippen LogP contribution in [0.3, 0.4) is 0 Å². The second-order valence-electron chi connectivity index (χ2n) is 5.93. The molecule has 1 amide bonds. The quantitative estimate of drug-likeness (QED) is 0.795. The van der Waals surface area contributed by atoms with Gasteiger partial charge < -0.3 is 15.0 Å². The first-order chi connectivity index (χ1) is 9.71. The SMILES string of the molecule is Cn1ccc(C(=O)NCCC(C)(C)CCC(=O)O)cc1=O. The maximum Gasteiger partial charge on any atom is 0.303 e. The zero-order chi connectivity index (χ0) is 16.0. The van der Waals surface area contributed by atoms with E-state index in [9.17, 15) is 14.4 Å². The number of amides is 1. The van der Waals surface area contributed by atoms with Gasteiger partial charge in [0.15, 0.2) is 0 Å². The fraction of sp³-hybridized carbons (Fsp3) is 0.533. The summed E-state index contributed by atoms with van der Waals surface area (Å²) in [6, 6.07) is 2.89. The molecule has 0 bridgehead atoms. The number of carboxylic acid groups (broad SMARTS) is 1. The molecule has 116 valence electrons. The first kappa shape index (κ1) is 16.9. The summed E-state index contributed by atoms with van der Waals surface area (Å²) in [4.78, 5) is 33.9. The zero-order valence-electron chi connectivity index (χ0n) is 12.7. The van der Waals surface area contributed by atoms with Crippen LogP contribution in [0, 0.1) is 5.41 Å². The first-order valence-corrected chi connectivity index (χ1v) is 6.88. The van der Waals surface area contributed by atoms with Gasteiger partial charge in [0.1, 0.15) is 0 Å². The summed E-state index contributed by atoms with van der Waals surface area (Å²) < 4.78 is 1.39. The maximum absolute atomic E-state index is 11.9.